The number of thiazole rings is 2. The van der Waals surface area contributed by atoms with Gasteiger partial charge in [0.15, 0.2) is 0 Å². The Hall–Kier alpha value is -4.33. The summed E-state index contributed by atoms with van der Waals surface area (Å²) in [7, 11) is 1.63. The number of hydrogen-bond donors (Lipinski definition) is 4. The Balaban J connectivity index is 1.43. The molecule has 13 heteroatoms. The third-order valence-electron chi connectivity index (χ3n) is 7.86. The van der Waals surface area contributed by atoms with Crippen molar-refractivity contribution in [3.8, 4) is 0 Å². The number of hydrogen-bond acceptors (Lipinski definition) is 9. The summed E-state index contributed by atoms with van der Waals surface area (Å²) in [6.07, 6.45) is 2.11. The van der Waals surface area contributed by atoms with Gasteiger partial charge >= 0.3 is 12.1 Å². The molecule has 0 spiro atoms. The Labute approximate surface area is 296 Å². The monoisotopic (exact) mass is 706 g/mol. The number of nitrogens with one attached hydrogen (secondary N) is 3. The molecule has 0 aliphatic rings. The number of amides is 4. The summed E-state index contributed by atoms with van der Waals surface area (Å²) in [5, 5.41) is 22.3. The minimum atomic E-state index is -1.19. The lowest BCUT2D eigenvalue weighted by Crippen LogP contribution is -2.56. The zero-order chi connectivity index (χ0) is 35.2. The van der Waals surface area contributed by atoms with E-state index in [0.717, 1.165) is 26.7 Å². The molecule has 0 saturated carbocycles. The summed E-state index contributed by atoms with van der Waals surface area (Å²) in [5.74, 6) is -0.206. The Morgan fingerprint density at radius 1 is 0.878 bits per heavy atom. The quantitative estimate of drug-likeness (QED) is 0.111. The van der Waals surface area contributed by atoms with Crippen molar-refractivity contribution in [2.45, 2.75) is 89.8 Å². The number of carbonyl (C=O) groups is 3. The molecule has 0 aliphatic carbocycles. The average Bonchev–Trinajstić information content (AvgIpc) is 3.78. The van der Waals surface area contributed by atoms with Crippen LogP contribution in [-0.4, -0.2) is 69.3 Å². The first-order valence-corrected chi connectivity index (χ1v) is 18.2. The predicted molar refractivity (Wildman–Crippen MR) is 192 cm³/mol. The van der Waals surface area contributed by atoms with Gasteiger partial charge in [-0.2, -0.15) is 0 Å². The first-order chi connectivity index (χ1) is 23.6. The van der Waals surface area contributed by atoms with Gasteiger partial charge in [0, 0.05) is 36.6 Å². The van der Waals surface area contributed by atoms with Gasteiger partial charge in [-0.1, -0.05) is 74.5 Å². The molecule has 4 atom stereocenters. The van der Waals surface area contributed by atoms with Crippen molar-refractivity contribution in [2.75, 3.05) is 7.05 Å². The van der Waals surface area contributed by atoms with E-state index >= 15 is 0 Å². The topological polar surface area (TPSA) is 146 Å². The van der Waals surface area contributed by atoms with Crippen LogP contribution in [0.15, 0.2) is 77.8 Å². The smallest absolute Gasteiger partial charge is 0.407 e. The minimum Gasteiger partial charge on any atom is -0.444 e. The molecule has 11 nitrogen and oxygen atoms in total. The van der Waals surface area contributed by atoms with Crippen LogP contribution in [0.3, 0.4) is 0 Å². The number of aliphatic hydroxyl groups is 1. The van der Waals surface area contributed by atoms with Crippen molar-refractivity contribution in [2.24, 2.45) is 0 Å². The Morgan fingerprint density at radius 3 is 2.02 bits per heavy atom. The maximum atomic E-state index is 13.7. The fourth-order valence-corrected chi connectivity index (χ4v) is 6.56. The summed E-state index contributed by atoms with van der Waals surface area (Å²) in [6.45, 7) is 6.00. The third-order valence-corrected chi connectivity index (χ3v) is 9.81. The second kappa shape index (κ2) is 19.0. The van der Waals surface area contributed by atoms with Crippen molar-refractivity contribution in [3.63, 3.8) is 0 Å². The highest BCUT2D eigenvalue weighted by Gasteiger charge is 2.29. The van der Waals surface area contributed by atoms with Crippen molar-refractivity contribution >= 4 is 40.7 Å². The number of carbonyl (C=O) groups excluding carboxylic acids is 3. The third kappa shape index (κ3) is 12.6. The molecule has 262 valence electrons. The highest BCUT2D eigenvalue weighted by molar-refractivity contribution is 7.09. The predicted octanol–water partition coefficient (Wildman–Crippen LogP) is 5.66. The van der Waals surface area contributed by atoms with Crippen molar-refractivity contribution in [1.82, 2.24) is 30.8 Å². The number of aromatic nitrogens is 2. The highest BCUT2D eigenvalue weighted by Crippen LogP contribution is 2.20. The molecule has 4 rings (SSSR count). The van der Waals surface area contributed by atoms with Gasteiger partial charge in [0.1, 0.15) is 12.6 Å². The molecular weight excluding hydrogens is 661 g/mol. The molecule has 49 heavy (non-hydrogen) atoms. The van der Waals surface area contributed by atoms with Crippen molar-refractivity contribution < 1.29 is 24.2 Å². The van der Waals surface area contributed by atoms with Crippen LogP contribution in [0.25, 0.3) is 0 Å². The fourth-order valence-electron chi connectivity index (χ4n) is 5.22. The van der Waals surface area contributed by atoms with E-state index in [1.807, 2.05) is 66.0 Å². The van der Waals surface area contributed by atoms with E-state index in [1.54, 1.807) is 30.1 Å². The molecule has 2 aromatic carbocycles. The number of rotatable bonds is 17. The molecule has 4 amide bonds. The standard InChI is InChI=1S/C36H46N6O5S2/c1-24(2)34-39-30(22-48-34)20-42(4)35(45)41-32(25(3)43)33(44)38-28(17-26-11-7-5-8-12-26)15-16-29(18-27-13-9-6-10-14-27)40-36(46)47-21-31-19-37-23-49-31/h5-14,19,22-25,28-29,32,43H,15-18,20-21H2,1-4H3,(H,38,44)(H,40,46)(H,41,45). The number of urea groups is 1. The van der Waals surface area contributed by atoms with Crippen LogP contribution < -0.4 is 16.0 Å². The molecule has 0 radical (unpaired) electrons. The van der Waals surface area contributed by atoms with Gasteiger partial charge in [-0.15, -0.1) is 22.7 Å². The lowest BCUT2D eigenvalue weighted by Gasteiger charge is -2.28. The van der Waals surface area contributed by atoms with Crippen LogP contribution in [0.2, 0.25) is 0 Å². The number of ether oxygens (including phenoxy) is 1. The molecule has 0 aliphatic heterocycles. The normalized spacial score (nSPS) is 13.6. The first kappa shape index (κ1) is 37.5. The van der Waals surface area contributed by atoms with E-state index in [0.29, 0.717) is 25.7 Å². The summed E-state index contributed by atoms with van der Waals surface area (Å²) < 4.78 is 5.46. The summed E-state index contributed by atoms with van der Waals surface area (Å²) >= 11 is 2.96. The maximum Gasteiger partial charge on any atom is 0.407 e. The van der Waals surface area contributed by atoms with Crippen LogP contribution in [0.4, 0.5) is 9.59 Å². The van der Waals surface area contributed by atoms with Gasteiger partial charge in [0.05, 0.1) is 33.7 Å². The van der Waals surface area contributed by atoms with Crippen molar-refractivity contribution in [3.05, 3.63) is 104 Å². The van der Waals surface area contributed by atoms with E-state index in [9.17, 15) is 19.5 Å². The molecule has 2 aromatic heterocycles. The van der Waals surface area contributed by atoms with Gasteiger partial charge in [0.2, 0.25) is 5.91 Å². The SMILES string of the molecule is CC(C)c1nc(CN(C)C(=O)NC(C(=O)NC(CCC(Cc2ccccc2)NC(=O)OCc2cncs2)Cc2ccccc2)C(C)O)cs1. The number of benzene rings is 2. The molecule has 4 aromatic rings. The molecular formula is C36H46N6O5S2. The summed E-state index contributed by atoms with van der Waals surface area (Å²) in [6, 6.07) is 17.3. The van der Waals surface area contributed by atoms with Crippen LogP contribution in [0.5, 0.6) is 0 Å². The second-order valence-corrected chi connectivity index (χ2v) is 14.3. The van der Waals surface area contributed by atoms with Gasteiger partial charge in [-0.05, 0) is 43.7 Å². The molecule has 0 saturated heterocycles. The average molecular weight is 707 g/mol. The second-order valence-electron chi connectivity index (χ2n) is 12.4. The Kier molecular flexibility index (Phi) is 14.5. The van der Waals surface area contributed by atoms with Gasteiger partial charge in [-0.3, -0.25) is 9.78 Å². The number of aliphatic hydroxyl groups excluding tert-OH is 1. The molecule has 4 N–H and O–H groups in total. The highest BCUT2D eigenvalue weighted by atomic mass is 32.1. The van der Waals surface area contributed by atoms with Crippen LogP contribution >= 0.6 is 22.7 Å². The van der Waals surface area contributed by atoms with Crippen LogP contribution in [0.1, 0.15) is 66.2 Å². The Morgan fingerprint density at radius 2 is 1.49 bits per heavy atom. The minimum absolute atomic E-state index is 0.131. The molecule has 4 unspecified atom stereocenters. The molecule has 2 heterocycles. The number of nitrogens with zero attached hydrogens (tertiary/aromatic N) is 3. The lowest BCUT2D eigenvalue weighted by atomic mass is 9.95. The van der Waals surface area contributed by atoms with Crippen LogP contribution in [-0.2, 0) is 35.5 Å². The van der Waals surface area contributed by atoms with E-state index in [2.05, 4.69) is 39.8 Å². The lowest BCUT2D eigenvalue weighted by molar-refractivity contribution is -0.126. The zero-order valence-electron chi connectivity index (χ0n) is 28.4. The van der Waals surface area contributed by atoms with E-state index in [-0.39, 0.29) is 31.2 Å². The Bertz CT molecular complexity index is 1580. The van der Waals surface area contributed by atoms with Gasteiger partial charge < -0.3 is 30.7 Å². The summed E-state index contributed by atoms with van der Waals surface area (Å²) in [5.41, 5.74) is 4.52. The zero-order valence-corrected chi connectivity index (χ0v) is 30.0. The summed E-state index contributed by atoms with van der Waals surface area (Å²) in [4.78, 5) is 50.6. The van der Waals surface area contributed by atoms with Gasteiger partial charge in [0.25, 0.3) is 0 Å². The van der Waals surface area contributed by atoms with E-state index < -0.39 is 30.2 Å². The largest absolute Gasteiger partial charge is 0.444 e. The van der Waals surface area contributed by atoms with Crippen LogP contribution in [0, 0.1) is 0 Å². The maximum absolute atomic E-state index is 13.7. The fraction of sp³-hybridized carbons (Fsp3) is 0.417. The molecule has 0 fully saturated rings. The first-order valence-electron chi connectivity index (χ1n) is 16.4. The van der Waals surface area contributed by atoms with Crippen molar-refractivity contribution in [1.29, 1.82) is 0 Å². The van der Waals surface area contributed by atoms with E-state index in [4.69, 9.17) is 4.74 Å². The van der Waals surface area contributed by atoms with Gasteiger partial charge in [-0.25, -0.2) is 14.6 Å². The van der Waals surface area contributed by atoms with E-state index in [1.165, 1.54) is 23.2 Å². The number of alkyl carbamates (subject to hydrolysis) is 1. The molecule has 0 bridgehead atoms.